The average molecular weight is 427 g/mol. The normalized spacial score (nSPS) is 16.9. The number of carbonyl (C=O) groups is 2. The van der Waals surface area contributed by atoms with Crippen LogP contribution in [0.15, 0.2) is 42.5 Å². The first-order valence-corrected chi connectivity index (χ1v) is 10.8. The van der Waals surface area contributed by atoms with E-state index in [2.05, 4.69) is 27.4 Å². The third-order valence-corrected chi connectivity index (χ3v) is 5.84. The minimum Gasteiger partial charge on any atom is -0.369 e. The summed E-state index contributed by atoms with van der Waals surface area (Å²) >= 11 is 6.16. The van der Waals surface area contributed by atoms with Gasteiger partial charge < -0.3 is 15.5 Å². The number of para-hydroxylation sites is 1. The number of amides is 2. The van der Waals surface area contributed by atoms with Crippen molar-refractivity contribution >= 4 is 34.8 Å². The van der Waals surface area contributed by atoms with Gasteiger partial charge in [0.1, 0.15) is 0 Å². The molecule has 7 heteroatoms. The van der Waals surface area contributed by atoms with Crippen LogP contribution in [-0.2, 0) is 4.79 Å². The Labute approximate surface area is 182 Å². The van der Waals surface area contributed by atoms with E-state index >= 15 is 0 Å². The average Bonchev–Trinajstić information content (AvgIpc) is 3.55. The zero-order valence-electron chi connectivity index (χ0n) is 17.2. The van der Waals surface area contributed by atoms with E-state index in [4.69, 9.17) is 11.6 Å². The number of halogens is 1. The molecule has 2 aromatic rings. The van der Waals surface area contributed by atoms with Crippen LogP contribution in [-0.4, -0.2) is 55.5 Å². The fourth-order valence-corrected chi connectivity index (χ4v) is 3.91. The first-order chi connectivity index (χ1) is 14.5. The molecule has 4 rings (SSSR count). The van der Waals surface area contributed by atoms with E-state index in [-0.39, 0.29) is 17.9 Å². The third-order valence-electron chi connectivity index (χ3n) is 5.61. The van der Waals surface area contributed by atoms with Crippen LogP contribution in [0.25, 0.3) is 0 Å². The smallest absolute Gasteiger partial charge is 0.253 e. The van der Waals surface area contributed by atoms with E-state index in [1.54, 1.807) is 12.1 Å². The molecule has 0 aromatic heterocycles. The number of anilines is 2. The van der Waals surface area contributed by atoms with Crippen molar-refractivity contribution in [2.24, 2.45) is 0 Å². The summed E-state index contributed by atoms with van der Waals surface area (Å²) in [7, 11) is 0. The highest BCUT2D eigenvalue weighted by molar-refractivity contribution is 6.30. The molecule has 0 bridgehead atoms. The molecule has 1 aliphatic heterocycles. The molecule has 2 aromatic carbocycles. The molecule has 0 unspecified atom stereocenters. The maximum Gasteiger partial charge on any atom is 0.253 e. The summed E-state index contributed by atoms with van der Waals surface area (Å²) in [6.07, 6.45) is 2.06. The monoisotopic (exact) mass is 426 g/mol. The van der Waals surface area contributed by atoms with Gasteiger partial charge in [-0.05, 0) is 49.6 Å². The fraction of sp³-hybridized carbons (Fsp3) is 0.391. The van der Waals surface area contributed by atoms with Gasteiger partial charge in [-0.1, -0.05) is 29.8 Å². The molecular weight excluding hydrogens is 400 g/mol. The highest BCUT2D eigenvalue weighted by atomic mass is 35.5. The van der Waals surface area contributed by atoms with Crippen molar-refractivity contribution in [1.29, 1.82) is 0 Å². The summed E-state index contributed by atoms with van der Waals surface area (Å²) in [6, 6.07) is 13.4. The number of hydrogen-bond donors (Lipinski definition) is 2. The van der Waals surface area contributed by atoms with Gasteiger partial charge in [-0.2, -0.15) is 0 Å². The number of rotatable bonds is 6. The first kappa shape index (κ1) is 20.7. The van der Waals surface area contributed by atoms with Gasteiger partial charge in [-0.25, -0.2) is 0 Å². The Morgan fingerprint density at radius 3 is 2.53 bits per heavy atom. The van der Waals surface area contributed by atoms with Gasteiger partial charge in [0.05, 0.1) is 17.8 Å². The Hall–Kier alpha value is -2.57. The lowest BCUT2D eigenvalue weighted by Crippen LogP contribution is -2.48. The summed E-state index contributed by atoms with van der Waals surface area (Å²) in [5.74, 6) is -0.229. The largest absolute Gasteiger partial charge is 0.369 e. The van der Waals surface area contributed by atoms with Crippen LogP contribution in [0.5, 0.6) is 0 Å². The summed E-state index contributed by atoms with van der Waals surface area (Å²) in [5, 5.41) is 6.64. The number of nitrogens with one attached hydrogen (secondary N) is 2. The van der Waals surface area contributed by atoms with E-state index in [0.717, 1.165) is 49.7 Å². The van der Waals surface area contributed by atoms with E-state index in [9.17, 15) is 9.59 Å². The highest BCUT2D eigenvalue weighted by Gasteiger charge is 2.25. The van der Waals surface area contributed by atoms with Crippen LogP contribution >= 0.6 is 11.6 Å². The van der Waals surface area contributed by atoms with Crippen molar-refractivity contribution < 1.29 is 9.59 Å². The van der Waals surface area contributed by atoms with Gasteiger partial charge in [0.15, 0.2) is 0 Å². The Balaban J connectivity index is 1.31. The minimum absolute atomic E-state index is 0.103. The third kappa shape index (κ3) is 5.12. The lowest BCUT2D eigenvalue weighted by Gasteiger charge is -2.36. The van der Waals surface area contributed by atoms with E-state index < -0.39 is 0 Å². The number of hydrogen-bond acceptors (Lipinski definition) is 4. The molecule has 1 heterocycles. The maximum atomic E-state index is 12.6. The van der Waals surface area contributed by atoms with Crippen LogP contribution < -0.4 is 15.5 Å². The van der Waals surface area contributed by atoms with Crippen molar-refractivity contribution in [2.75, 3.05) is 42.9 Å². The second-order valence-corrected chi connectivity index (χ2v) is 8.47. The summed E-state index contributed by atoms with van der Waals surface area (Å²) in [4.78, 5) is 29.5. The topological polar surface area (TPSA) is 64.7 Å². The molecule has 1 saturated heterocycles. The fourth-order valence-electron chi connectivity index (χ4n) is 3.74. The second-order valence-electron chi connectivity index (χ2n) is 8.04. The SMILES string of the molecule is Cc1ccc(Cl)cc1N1CCN(CC(=O)Nc2ccccc2C(=O)NC2CC2)CC1. The van der Waals surface area contributed by atoms with Crippen molar-refractivity contribution in [3.63, 3.8) is 0 Å². The number of carbonyl (C=O) groups excluding carboxylic acids is 2. The summed E-state index contributed by atoms with van der Waals surface area (Å²) < 4.78 is 0. The molecule has 1 aliphatic carbocycles. The first-order valence-electron chi connectivity index (χ1n) is 10.4. The number of benzene rings is 2. The Morgan fingerprint density at radius 2 is 1.80 bits per heavy atom. The van der Waals surface area contributed by atoms with Crippen LogP contribution in [0, 0.1) is 6.92 Å². The summed E-state index contributed by atoms with van der Waals surface area (Å²) in [6.45, 7) is 5.67. The molecule has 0 spiro atoms. The Bertz CT molecular complexity index is 937. The number of nitrogens with zero attached hydrogens (tertiary/aromatic N) is 2. The lowest BCUT2D eigenvalue weighted by molar-refractivity contribution is -0.117. The zero-order chi connectivity index (χ0) is 21.1. The molecule has 6 nitrogen and oxygen atoms in total. The summed E-state index contributed by atoms with van der Waals surface area (Å²) in [5.41, 5.74) is 3.43. The molecule has 2 fully saturated rings. The van der Waals surface area contributed by atoms with Gasteiger partial charge in [-0.3, -0.25) is 14.5 Å². The lowest BCUT2D eigenvalue weighted by atomic mass is 10.1. The molecule has 2 aliphatic rings. The molecule has 2 N–H and O–H groups in total. The van der Waals surface area contributed by atoms with Crippen LogP contribution in [0.4, 0.5) is 11.4 Å². The maximum absolute atomic E-state index is 12.6. The molecule has 158 valence electrons. The number of aryl methyl sites for hydroxylation is 1. The molecular formula is C23H27ClN4O2. The molecule has 2 amide bonds. The van der Waals surface area contributed by atoms with E-state index in [0.29, 0.717) is 17.8 Å². The number of piperazine rings is 1. The second kappa shape index (κ2) is 9.06. The highest BCUT2D eigenvalue weighted by Crippen LogP contribution is 2.25. The van der Waals surface area contributed by atoms with E-state index in [1.165, 1.54) is 5.56 Å². The predicted octanol–water partition coefficient (Wildman–Crippen LogP) is 3.30. The van der Waals surface area contributed by atoms with Gasteiger partial charge >= 0.3 is 0 Å². The van der Waals surface area contributed by atoms with Crippen LogP contribution in [0.3, 0.4) is 0 Å². The minimum atomic E-state index is -0.126. The van der Waals surface area contributed by atoms with E-state index in [1.807, 2.05) is 30.3 Å². The van der Waals surface area contributed by atoms with Crippen molar-refractivity contribution in [3.8, 4) is 0 Å². The zero-order valence-corrected chi connectivity index (χ0v) is 17.9. The standard InChI is InChI=1S/C23H27ClN4O2/c1-16-6-7-17(24)14-21(16)28-12-10-27(11-13-28)15-22(29)26-20-5-3-2-4-19(20)23(30)25-18-8-9-18/h2-7,14,18H,8-13,15H2,1H3,(H,25,30)(H,26,29). The van der Waals surface area contributed by atoms with Crippen molar-refractivity contribution in [1.82, 2.24) is 10.2 Å². The van der Waals surface area contributed by atoms with Gasteiger partial charge in [0.2, 0.25) is 5.91 Å². The van der Waals surface area contributed by atoms with Crippen molar-refractivity contribution in [3.05, 3.63) is 58.6 Å². The van der Waals surface area contributed by atoms with Gasteiger partial charge in [0.25, 0.3) is 5.91 Å². The van der Waals surface area contributed by atoms with Gasteiger partial charge in [0, 0.05) is 42.9 Å². The molecule has 1 saturated carbocycles. The van der Waals surface area contributed by atoms with Gasteiger partial charge in [-0.15, -0.1) is 0 Å². The Morgan fingerprint density at radius 1 is 1.07 bits per heavy atom. The van der Waals surface area contributed by atoms with Crippen molar-refractivity contribution in [2.45, 2.75) is 25.8 Å². The molecule has 0 radical (unpaired) electrons. The molecule has 30 heavy (non-hydrogen) atoms. The molecule has 0 atom stereocenters. The van der Waals surface area contributed by atoms with Crippen LogP contribution in [0.1, 0.15) is 28.8 Å². The Kier molecular flexibility index (Phi) is 6.25. The van der Waals surface area contributed by atoms with Crippen LogP contribution in [0.2, 0.25) is 5.02 Å². The predicted molar refractivity (Wildman–Crippen MR) is 120 cm³/mol. The quantitative estimate of drug-likeness (QED) is 0.743.